The summed E-state index contributed by atoms with van der Waals surface area (Å²) in [5.41, 5.74) is 3.17. The number of benzene rings is 3. The monoisotopic (exact) mass is 478 g/mol. The fraction of sp³-hybridized carbons (Fsp3) is 0.296. The Labute approximate surface area is 201 Å². The van der Waals surface area contributed by atoms with Crippen LogP contribution < -0.4 is 0 Å². The fourth-order valence-corrected chi connectivity index (χ4v) is 5.74. The van der Waals surface area contributed by atoms with E-state index >= 15 is 0 Å². The molecule has 0 aliphatic carbocycles. The maximum atomic E-state index is 13.6. The zero-order valence-corrected chi connectivity index (χ0v) is 20.2. The van der Waals surface area contributed by atoms with Crippen LogP contribution in [-0.4, -0.2) is 56.4 Å². The quantitative estimate of drug-likeness (QED) is 0.493. The highest BCUT2D eigenvalue weighted by atomic mass is 32.2. The summed E-state index contributed by atoms with van der Waals surface area (Å²) in [5, 5.41) is 0. The Morgan fingerprint density at radius 1 is 0.912 bits per heavy atom. The van der Waals surface area contributed by atoms with Crippen LogP contribution >= 0.6 is 0 Å². The van der Waals surface area contributed by atoms with Crippen molar-refractivity contribution < 1.29 is 17.9 Å². The molecule has 0 saturated carbocycles. The molecule has 3 aromatic carbocycles. The zero-order chi connectivity index (χ0) is 24.0. The van der Waals surface area contributed by atoms with Gasteiger partial charge < -0.3 is 9.64 Å². The third kappa shape index (κ3) is 5.73. The van der Waals surface area contributed by atoms with Crippen LogP contribution in [0.5, 0.6) is 0 Å². The second kappa shape index (κ2) is 11.0. The summed E-state index contributed by atoms with van der Waals surface area (Å²) in [6.45, 7) is 4.12. The SMILES string of the molecule is Cc1ccc(C(=O)N(CCc2ccccc2)Cc2ccccc2)cc1S(=O)(=O)N1CCOCC1. The van der Waals surface area contributed by atoms with E-state index in [1.165, 1.54) is 10.4 Å². The van der Waals surface area contributed by atoms with Crippen LogP contribution in [0, 0.1) is 6.92 Å². The van der Waals surface area contributed by atoms with E-state index in [-0.39, 0.29) is 10.8 Å². The third-order valence-corrected chi connectivity index (χ3v) is 8.08. The van der Waals surface area contributed by atoms with Gasteiger partial charge in [-0.05, 0) is 42.2 Å². The van der Waals surface area contributed by atoms with Crippen LogP contribution in [0.3, 0.4) is 0 Å². The van der Waals surface area contributed by atoms with Crippen molar-refractivity contribution >= 4 is 15.9 Å². The van der Waals surface area contributed by atoms with E-state index in [9.17, 15) is 13.2 Å². The molecule has 1 aliphatic rings. The van der Waals surface area contributed by atoms with Gasteiger partial charge in [-0.1, -0.05) is 66.7 Å². The van der Waals surface area contributed by atoms with Crippen LogP contribution in [0.2, 0.25) is 0 Å². The Kier molecular flexibility index (Phi) is 7.77. The lowest BCUT2D eigenvalue weighted by molar-refractivity contribution is 0.0729. The van der Waals surface area contributed by atoms with Crippen LogP contribution in [0.25, 0.3) is 0 Å². The predicted octanol–water partition coefficient (Wildman–Crippen LogP) is 3.90. The molecule has 1 amide bonds. The van der Waals surface area contributed by atoms with Gasteiger partial charge in [0.05, 0.1) is 18.1 Å². The summed E-state index contributed by atoms with van der Waals surface area (Å²) in [6.07, 6.45) is 0.713. The Morgan fingerprint density at radius 2 is 1.53 bits per heavy atom. The molecule has 0 bridgehead atoms. The molecule has 6 nitrogen and oxygen atoms in total. The average molecular weight is 479 g/mol. The Hall–Kier alpha value is -3.00. The lowest BCUT2D eigenvalue weighted by Gasteiger charge is -2.27. The molecular formula is C27H30N2O4S. The number of hydrogen-bond acceptors (Lipinski definition) is 4. The van der Waals surface area contributed by atoms with Crippen LogP contribution in [-0.2, 0) is 27.7 Å². The maximum absolute atomic E-state index is 13.6. The standard InChI is InChI=1S/C27H30N2O4S/c1-22-12-13-25(20-26(22)34(31,32)29-16-18-33-19-17-29)27(30)28(21-24-10-6-3-7-11-24)15-14-23-8-4-2-5-9-23/h2-13,20H,14-19,21H2,1H3. The van der Waals surface area contributed by atoms with Crippen LogP contribution in [0.4, 0.5) is 0 Å². The molecule has 1 saturated heterocycles. The molecule has 178 valence electrons. The van der Waals surface area contributed by atoms with Crippen molar-refractivity contribution in [1.29, 1.82) is 0 Å². The summed E-state index contributed by atoms with van der Waals surface area (Å²) in [4.78, 5) is 15.6. The number of ether oxygens (including phenoxy) is 1. The van der Waals surface area contributed by atoms with Gasteiger partial charge in [-0.25, -0.2) is 8.42 Å². The molecule has 1 heterocycles. The minimum absolute atomic E-state index is 0.182. The molecule has 0 spiro atoms. The molecular weight excluding hydrogens is 448 g/mol. The molecule has 0 atom stereocenters. The second-order valence-corrected chi connectivity index (χ2v) is 10.4. The topological polar surface area (TPSA) is 66.9 Å². The van der Waals surface area contributed by atoms with E-state index in [2.05, 4.69) is 0 Å². The molecule has 0 aromatic heterocycles. The lowest BCUT2D eigenvalue weighted by atomic mass is 10.1. The summed E-state index contributed by atoms with van der Waals surface area (Å²) in [7, 11) is -3.71. The minimum Gasteiger partial charge on any atom is -0.379 e. The average Bonchev–Trinajstić information content (AvgIpc) is 2.88. The summed E-state index contributed by atoms with van der Waals surface area (Å²) < 4.78 is 33.3. The minimum atomic E-state index is -3.71. The summed E-state index contributed by atoms with van der Waals surface area (Å²) >= 11 is 0. The predicted molar refractivity (Wildman–Crippen MR) is 132 cm³/mol. The number of morpholine rings is 1. The van der Waals surface area contributed by atoms with E-state index in [1.54, 1.807) is 24.0 Å². The fourth-order valence-electron chi connectivity index (χ4n) is 4.08. The molecule has 3 aromatic rings. The molecule has 0 unspecified atom stereocenters. The molecule has 0 N–H and O–H groups in total. The number of rotatable bonds is 8. The van der Waals surface area contributed by atoms with Gasteiger partial charge in [0.2, 0.25) is 10.0 Å². The number of nitrogens with zero attached hydrogens (tertiary/aromatic N) is 2. The summed E-state index contributed by atoms with van der Waals surface area (Å²) in [6, 6.07) is 24.8. The number of sulfonamides is 1. The van der Waals surface area contributed by atoms with Crippen LogP contribution in [0.1, 0.15) is 27.0 Å². The highest BCUT2D eigenvalue weighted by Crippen LogP contribution is 2.23. The van der Waals surface area contributed by atoms with Gasteiger partial charge in [0.1, 0.15) is 0 Å². The largest absolute Gasteiger partial charge is 0.379 e. The first kappa shape index (κ1) is 24.1. The van der Waals surface area contributed by atoms with E-state index in [0.29, 0.717) is 56.9 Å². The molecule has 7 heteroatoms. The molecule has 1 fully saturated rings. The number of hydrogen-bond donors (Lipinski definition) is 0. The second-order valence-electron chi connectivity index (χ2n) is 8.44. The normalized spacial score (nSPS) is 14.6. The van der Waals surface area contributed by atoms with E-state index < -0.39 is 10.0 Å². The number of carbonyl (C=O) groups is 1. The van der Waals surface area contributed by atoms with E-state index in [1.807, 2.05) is 60.7 Å². The number of aryl methyl sites for hydroxylation is 1. The van der Waals surface area contributed by atoms with E-state index in [0.717, 1.165) is 11.1 Å². The first-order chi connectivity index (χ1) is 16.4. The smallest absolute Gasteiger partial charge is 0.254 e. The Balaban J connectivity index is 1.61. The van der Waals surface area contributed by atoms with Crippen molar-refractivity contribution in [1.82, 2.24) is 9.21 Å². The van der Waals surface area contributed by atoms with Crippen molar-refractivity contribution in [3.8, 4) is 0 Å². The lowest BCUT2D eigenvalue weighted by Crippen LogP contribution is -2.41. The third-order valence-electron chi connectivity index (χ3n) is 6.04. The zero-order valence-electron chi connectivity index (χ0n) is 19.4. The van der Waals surface area contributed by atoms with Crippen molar-refractivity contribution in [2.75, 3.05) is 32.8 Å². The van der Waals surface area contributed by atoms with E-state index in [4.69, 9.17) is 4.74 Å². The molecule has 4 rings (SSSR count). The first-order valence-corrected chi connectivity index (χ1v) is 12.9. The first-order valence-electron chi connectivity index (χ1n) is 11.5. The van der Waals surface area contributed by atoms with Gasteiger partial charge in [0, 0.05) is 31.7 Å². The maximum Gasteiger partial charge on any atom is 0.254 e. The number of amides is 1. The van der Waals surface area contributed by atoms with Crippen LogP contribution in [0.15, 0.2) is 83.8 Å². The van der Waals surface area contributed by atoms with Crippen molar-refractivity contribution in [2.24, 2.45) is 0 Å². The Morgan fingerprint density at radius 3 is 2.18 bits per heavy atom. The molecule has 1 aliphatic heterocycles. The van der Waals surface area contributed by atoms with Gasteiger partial charge in [-0.3, -0.25) is 4.79 Å². The summed E-state index contributed by atoms with van der Waals surface area (Å²) in [5.74, 6) is -0.182. The molecule has 34 heavy (non-hydrogen) atoms. The van der Waals surface area contributed by atoms with Crippen molar-refractivity contribution in [3.05, 3.63) is 101 Å². The van der Waals surface area contributed by atoms with Gasteiger partial charge in [-0.2, -0.15) is 4.31 Å². The van der Waals surface area contributed by atoms with Crippen molar-refractivity contribution in [3.63, 3.8) is 0 Å². The van der Waals surface area contributed by atoms with Gasteiger partial charge in [0.15, 0.2) is 0 Å². The number of carbonyl (C=O) groups excluding carboxylic acids is 1. The Bertz CT molecular complexity index is 1210. The van der Waals surface area contributed by atoms with Crippen molar-refractivity contribution in [2.45, 2.75) is 24.8 Å². The molecule has 0 radical (unpaired) electrons. The van der Waals surface area contributed by atoms with Gasteiger partial charge in [-0.15, -0.1) is 0 Å². The van der Waals surface area contributed by atoms with Gasteiger partial charge >= 0.3 is 0 Å². The highest BCUT2D eigenvalue weighted by molar-refractivity contribution is 7.89. The van der Waals surface area contributed by atoms with Gasteiger partial charge in [0.25, 0.3) is 5.91 Å². The highest BCUT2D eigenvalue weighted by Gasteiger charge is 2.29.